The number of nitrogens with one attached hydrogen (secondary N) is 2. The number of amides is 2. The van der Waals surface area contributed by atoms with Crippen molar-refractivity contribution in [2.75, 3.05) is 5.32 Å². The van der Waals surface area contributed by atoms with E-state index in [1.54, 1.807) is 62.4 Å². The van der Waals surface area contributed by atoms with Crippen molar-refractivity contribution in [2.24, 2.45) is 0 Å². The van der Waals surface area contributed by atoms with Crippen LogP contribution in [0.3, 0.4) is 0 Å². The number of ether oxygens (including phenoxy) is 1. The lowest BCUT2D eigenvalue weighted by Crippen LogP contribution is -2.31. The third-order valence-electron chi connectivity index (χ3n) is 4.69. The highest BCUT2D eigenvalue weighted by molar-refractivity contribution is 6.04. The van der Waals surface area contributed by atoms with Crippen LogP contribution >= 0.6 is 0 Å². The fourth-order valence-corrected chi connectivity index (χ4v) is 3.15. The Kier molecular flexibility index (Phi) is 7.75. The number of anilines is 1. The topological polar surface area (TPSA) is 84.5 Å². The molecule has 0 radical (unpaired) electrons. The van der Waals surface area contributed by atoms with E-state index in [9.17, 15) is 14.4 Å². The van der Waals surface area contributed by atoms with Gasteiger partial charge in [0.2, 0.25) is 0 Å². The van der Waals surface area contributed by atoms with Gasteiger partial charge in [-0.15, -0.1) is 0 Å². The second-order valence-electron chi connectivity index (χ2n) is 7.58. The summed E-state index contributed by atoms with van der Waals surface area (Å²) in [6, 6.07) is 24.3. The predicted octanol–water partition coefficient (Wildman–Crippen LogP) is 4.75. The summed E-state index contributed by atoms with van der Waals surface area (Å²) in [5, 5.41) is 5.72. The molecule has 0 aliphatic carbocycles. The molecular weight excluding hydrogens is 404 g/mol. The Morgan fingerprint density at radius 3 is 1.91 bits per heavy atom. The van der Waals surface area contributed by atoms with Gasteiger partial charge in [-0.05, 0) is 55.8 Å². The maximum atomic E-state index is 12.8. The molecule has 1 atom stereocenters. The molecule has 0 fully saturated rings. The SMILES string of the molecule is CC(C)OC(=O)CC(NC(=O)c1ccc(NC(=O)c2ccccc2)cc1)c1ccccc1. The molecule has 0 aliphatic rings. The normalized spacial score (nSPS) is 11.5. The lowest BCUT2D eigenvalue weighted by Gasteiger charge is -2.19. The summed E-state index contributed by atoms with van der Waals surface area (Å²) < 4.78 is 5.25. The van der Waals surface area contributed by atoms with Gasteiger partial charge in [0.25, 0.3) is 11.8 Å². The van der Waals surface area contributed by atoms with E-state index >= 15 is 0 Å². The molecule has 164 valence electrons. The van der Waals surface area contributed by atoms with Crippen LogP contribution in [0.5, 0.6) is 0 Å². The fourth-order valence-electron chi connectivity index (χ4n) is 3.15. The van der Waals surface area contributed by atoms with E-state index in [1.807, 2.05) is 36.4 Å². The van der Waals surface area contributed by atoms with Gasteiger partial charge >= 0.3 is 5.97 Å². The molecule has 3 rings (SSSR count). The molecule has 0 aromatic heterocycles. The zero-order valence-corrected chi connectivity index (χ0v) is 18.1. The number of hydrogen-bond acceptors (Lipinski definition) is 4. The zero-order chi connectivity index (χ0) is 22.9. The molecule has 0 bridgehead atoms. The molecule has 3 aromatic carbocycles. The number of carbonyl (C=O) groups is 3. The predicted molar refractivity (Wildman–Crippen MR) is 123 cm³/mol. The summed E-state index contributed by atoms with van der Waals surface area (Å²) in [6.07, 6.45) is -0.202. The monoisotopic (exact) mass is 430 g/mol. The Hall–Kier alpha value is -3.93. The standard InChI is InChI=1S/C26H26N2O4/c1-18(2)32-24(29)17-23(19-9-5-3-6-10-19)28-26(31)21-13-15-22(16-14-21)27-25(30)20-11-7-4-8-12-20/h3-16,18,23H,17H2,1-2H3,(H,27,30)(H,28,31). The van der Waals surface area contributed by atoms with E-state index in [4.69, 9.17) is 4.74 Å². The highest BCUT2D eigenvalue weighted by atomic mass is 16.5. The number of rotatable bonds is 8. The third-order valence-corrected chi connectivity index (χ3v) is 4.69. The molecule has 0 heterocycles. The summed E-state index contributed by atoms with van der Waals surface area (Å²) >= 11 is 0. The maximum Gasteiger partial charge on any atom is 0.308 e. The van der Waals surface area contributed by atoms with Crippen molar-refractivity contribution in [1.82, 2.24) is 5.32 Å². The van der Waals surface area contributed by atoms with Gasteiger partial charge in [0, 0.05) is 16.8 Å². The van der Waals surface area contributed by atoms with Gasteiger partial charge in [-0.2, -0.15) is 0 Å². The Morgan fingerprint density at radius 2 is 1.31 bits per heavy atom. The van der Waals surface area contributed by atoms with Crippen molar-refractivity contribution in [3.63, 3.8) is 0 Å². The molecule has 32 heavy (non-hydrogen) atoms. The summed E-state index contributed by atoms with van der Waals surface area (Å²) in [5.74, 6) is -0.930. The van der Waals surface area contributed by atoms with E-state index in [1.165, 1.54) is 0 Å². The minimum Gasteiger partial charge on any atom is -0.463 e. The Morgan fingerprint density at radius 1 is 0.750 bits per heavy atom. The lowest BCUT2D eigenvalue weighted by molar-refractivity contribution is -0.147. The lowest BCUT2D eigenvalue weighted by atomic mass is 10.0. The second kappa shape index (κ2) is 10.9. The van der Waals surface area contributed by atoms with E-state index in [-0.39, 0.29) is 30.3 Å². The van der Waals surface area contributed by atoms with Crippen molar-refractivity contribution >= 4 is 23.5 Å². The van der Waals surface area contributed by atoms with Crippen LogP contribution in [-0.4, -0.2) is 23.9 Å². The molecule has 2 amide bonds. The first-order chi connectivity index (χ1) is 15.4. The molecule has 2 N–H and O–H groups in total. The highest BCUT2D eigenvalue weighted by Gasteiger charge is 2.20. The fraction of sp³-hybridized carbons (Fsp3) is 0.192. The van der Waals surface area contributed by atoms with Crippen LogP contribution in [0.4, 0.5) is 5.69 Å². The molecule has 1 unspecified atom stereocenters. The van der Waals surface area contributed by atoms with Gasteiger partial charge in [-0.1, -0.05) is 48.5 Å². The number of benzene rings is 3. The number of carbonyl (C=O) groups excluding carboxylic acids is 3. The van der Waals surface area contributed by atoms with Gasteiger partial charge in [0.1, 0.15) is 0 Å². The molecule has 0 aliphatic heterocycles. The van der Waals surface area contributed by atoms with Gasteiger partial charge in [-0.25, -0.2) is 0 Å². The van der Waals surface area contributed by atoms with Crippen LogP contribution < -0.4 is 10.6 Å². The molecule has 0 saturated heterocycles. The van der Waals surface area contributed by atoms with E-state index in [0.717, 1.165) is 5.56 Å². The maximum absolute atomic E-state index is 12.8. The second-order valence-corrected chi connectivity index (χ2v) is 7.58. The van der Waals surface area contributed by atoms with Crippen LogP contribution in [0.25, 0.3) is 0 Å². The summed E-state index contributed by atoms with van der Waals surface area (Å²) in [5.41, 5.74) is 2.36. The first-order valence-electron chi connectivity index (χ1n) is 10.4. The van der Waals surface area contributed by atoms with Crippen molar-refractivity contribution in [3.05, 3.63) is 102 Å². The molecule has 6 heteroatoms. The molecular formula is C26H26N2O4. The van der Waals surface area contributed by atoms with E-state index in [0.29, 0.717) is 16.8 Å². The summed E-state index contributed by atoms with van der Waals surface area (Å²) in [7, 11) is 0. The van der Waals surface area contributed by atoms with Crippen molar-refractivity contribution in [1.29, 1.82) is 0 Å². The molecule has 6 nitrogen and oxygen atoms in total. The van der Waals surface area contributed by atoms with Crippen molar-refractivity contribution in [2.45, 2.75) is 32.4 Å². The number of esters is 1. The van der Waals surface area contributed by atoms with Gasteiger partial charge < -0.3 is 15.4 Å². The Labute approximate surface area is 187 Å². The van der Waals surface area contributed by atoms with Crippen LogP contribution in [-0.2, 0) is 9.53 Å². The molecule has 0 saturated carbocycles. The summed E-state index contributed by atoms with van der Waals surface area (Å²) in [4.78, 5) is 37.3. The quantitative estimate of drug-likeness (QED) is 0.505. The highest BCUT2D eigenvalue weighted by Crippen LogP contribution is 2.19. The minimum atomic E-state index is -0.521. The molecule has 0 spiro atoms. The van der Waals surface area contributed by atoms with Crippen LogP contribution in [0.2, 0.25) is 0 Å². The average molecular weight is 431 g/mol. The third kappa shape index (κ3) is 6.54. The minimum absolute atomic E-state index is 0.0269. The van der Waals surface area contributed by atoms with Gasteiger partial charge in [0.15, 0.2) is 0 Å². The largest absolute Gasteiger partial charge is 0.463 e. The van der Waals surface area contributed by atoms with E-state index < -0.39 is 6.04 Å². The van der Waals surface area contributed by atoms with Crippen molar-refractivity contribution < 1.29 is 19.1 Å². The first kappa shape index (κ1) is 22.7. The molecule has 3 aromatic rings. The summed E-state index contributed by atoms with van der Waals surface area (Å²) in [6.45, 7) is 3.57. The van der Waals surface area contributed by atoms with E-state index in [2.05, 4.69) is 10.6 Å². The Balaban J connectivity index is 1.67. The smallest absolute Gasteiger partial charge is 0.308 e. The van der Waals surface area contributed by atoms with Crippen LogP contribution in [0.1, 0.15) is 52.6 Å². The first-order valence-corrected chi connectivity index (χ1v) is 10.4. The van der Waals surface area contributed by atoms with Crippen LogP contribution in [0.15, 0.2) is 84.9 Å². The van der Waals surface area contributed by atoms with Gasteiger partial charge in [-0.3, -0.25) is 14.4 Å². The Bertz CT molecular complexity index is 1050. The van der Waals surface area contributed by atoms with Crippen molar-refractivity contribution in [3.8, 4) is 0 Å². The average Bonchev–Trinajstić information content (AvgIpc) is 2.79. The number of hydrogen-bond donors (Lipinski definition) is 2. The van der Waals surface area contributed by atoms with Crippen LogP contribution in [0, 0.1) is 0 Å². The van der Waals surface area contributed by atoms with Gasteiger partial charge in [0.05, 0.1) is 18.6 Å². The zero-order valence-electron chi connectivity index (χ0n) is 18.1.